The number of benzene rings is 1. The highest BCUT2D eigenvalue weighted by Gasteiger charge is 2.19. The summed E-state index contributed by atoms with van der Waals surface area (Å²) in [6.45, 7) is 0.386. The highest BCUT2D eigenvalue weighted by molar-refractivity contribution is 8.93. The molecule has 94 valence electrons. The SMILES string of the molecule is Br.O=[N+]([O-])c1cccc(Cl)c1C[n+]1ccccc1. The van der Waals surface area contributed by atoms with Crippen molar-refractivity contribution in [3.63, 3.8) is 0 Å². The molecule has 2 aromatic rings. The van der Waals surface area contributed by atoms with Gasteiger partial charge in [-0.25, -0.2) is 4.57 Å². The van der Waals surface area contributed by atoms with Crippen LogP contribution in [0, 0.1) is 10.1 Å². The van der Waals surface area contributed by atoms with Crippen LogP contribution in [-0.2, 0) is 6.54 Å². The Bertz CT molecular complexity index is 549. The van der Waals surface area contributed by atoms with Gasteiger partial charge in [0.1, 0.15) is 5.56 Å². The van der Waals surface area contributed by atoms with Crippen molar-refractivity contribution in [2.45, 2.75) is 6.54 Å². The lowest BCUT2D eigenvalue weighted by Gasteiger charge is -2.02. The Morgan fingerprint density at radius 1 is 1.17 bits per heavy atom. The highest BCUT2D eigenvalue weighted by Crippen LogP contribution is 2.25. The van der Waals surface area contributed by atoms with Crippen molar-refractivity contribution < 1.29 is 9.49 Å². The van der Waals surface area contributed by atoms with Crippen LogP contribution in [0.15, 0.2) is 48.8 Å². The number of pyridine rings is 1. The van der Waals surface area contributed by atoms with E-state index in [0.717, 1.165) is 0 Å². The van der Waals surface area contributed by atoms with Gasteiger partial charge in [-0.05, 0) is 6.07 Å². The molecule has 0 spiro atoms. The minimum absolute atomic E-state index is 0. The lowest BCUT2D eigenvalue weighted by molar-refractivity contribution is -0.688. The highest BCUT2D eigenvalue weighted by atomic mass is 79.9. The summed E-state index contributed by atoms with van der Waals surface area (Å²) in [6.07, 6.45) is 3.68. The summed E-state index contributed by atoms with van der Waals surface area (Å²) < 4.78 is 1.84. The average molecular weight is 331 g/mol. The summed E-state index contributed by atoms with van der Waals surface area (Å²) in [5, 5.41) is 11.3. The Morgan fingerprint density at radius 2 is 1.83 bits per heavy atom. The summed E-state index contributed by atoms with van der Waals surface area (Å²) in [5.74, 6) is 0. The van der Waals surface area contributed by atoms with E-state index in [4.69, 9.17) is 11.6 Å². The van der Waals surface area contributed by atoms with Gasteiger partial charge in [0, 0.05) is 18.2 Å². The van der Waals surface area contributed by atoms with Gasteiger partial charge >= 0.3 is 0 Å². The minimum Gasteiger partial charge on any atom is -0.258 e. The summed E-state index contributed by atoms with van der Waals surface area (Å²) >= 11 is 6.01. The summed E-state index contributed by atoms with van der Waals surface area (Å²) in [5.41, 5.74) is 0.573. The van der Waals surface area contributed by atoms with E-state index in [-0.39, 0.29) is 22.7 Å². The first kappa shape index (κ1) is 14.6. The summed E-state index contributed by atoms with van der Waals surface area (Å²) in [4.78, 5) is 10.5. The average Bonchev–Trinajstić information content (AvgIpc) is 2.33. The van der Waals surface area contributed by atoms with Gasteiger partial charge in [0.2, 0.25) is 0 Å². The lowest BCUT2D eigenvalue weighted by atomic mass is 10.1. The fourth-order valence-electron chi connectivity index (χ4n) is 1.60. The third-order valence-electron chi connectivity index (χ3n) is 2.41. The second kappa shape index (κ2) is 6.47. The Kier molecular flexibility index (Phi) is 5.25. The molecule has 0 amide bonds. The predicted octanol–water partition coefficient (Wildman–Crippen LogP) is 3.16. The summed E-state index contributed by atoms with van der Waals surface area (Å²) in [7, 11) is 0. The molecule has 0 bridgehead atoms. The Labute approximate surface area is 120 Å². The Balaban J connectivity index is 0.00000162. The second-order valence-corrected chi connectivity index (χ2v) is 3.95. The molecule has 0 atom stereocenters. The smallest absolute Gasteiger partial charge is 0.258 e. The molecule has 0 saturated heterocycles. The monoisotopic (exact) mass is 329 g/mol. The molecule has 18 heavy (non-hydrogen) atoms. The molecule has 0 aliphatic rings. The van der Waals surface area contributed by atoms with Gasteiger partial charge < -0.3 is 0 Å². The molecule has 1 aromatic heterocycles. The van der Waals surface area contributed by atoms with Crippen molar-refractivity contribution in [2.24, 2.45) is 0 Å². The maximum atomic E-state index is 10.9. The number of rotatable bonds is 3. The van der Waals surface area contributed by atoms with Crippen LogP contribution in [0.1, 0.15) is 5.56 Å². The molecule has 1 heterocycles. The number of aromatic nitrogens is 1. The van der Waals surface area contributed by atoms with E-state index in [1.165, 1.54) is 6.07 Å². The number of nitro groups is 1. The fraction of sp³-hybridized carbons (Fsp3) is 0.0833. The minimum atomic E-state index is -0.412. The zero-order chi connectivity index (χ0) is 12.3. The van der Waals surface area contributed by atoms with E-state index in [2.05, 4.69) is 0 Å². The number of nitrogens with zero attached hydrogens (tertiary/aromatic N) is 2. The quantitative estimate of drug-likeness (QED) is 0.493. The first-order valence-corrected chi connectivity index (χ1v) is 5.42. The molecule has 0 saturated carbocycles. The third-order valence-corrected chi connectivity index (χ3v) is 2.76. The van der Waals surface area contributed by atoms with Crippen molar-refractivity contribution in [1.29, 1.82) is 0 Å². The molecule has 0 aliphatic heterocycles. The van der Waals surface area contributed by atoms with Gasteiger partial charge in [0.05, 0.1) is 9.95 Å². The van der Waals surface area contributed by atoms with Crippen LogP contribution in [0.25, 0.3) is 0 Å². The number of nitro benzene ring substituents is 1. The maximum absolute atomic E-state index is 10.9. The third kappa shape index (κ3) is 3.27. The molecule has 0 unspecified atom stereocenters. The van der Waals surface area contributed by atoms with E-state index in [9.17, 15) is 10.1 Å². The Hall–Kier alpha value is -1.46. The van der Waals surface area contributed by atoms with Gasteiger partial charge in [-0.1, -0.05) is 23.7 Å². The molecule has 6 heteroatoms. The second-order valence-electron chi connectivity index (χ2n) is 3.54. The number of hydrogen-bond donors (Lipinski definition) is 0. The normalized spacial score (nSPS) is 9.61. The zero-order valence-electron chi connectivity index (χ0n) is 9.32. The molecule has 0 radical (unpaired) electrons. The van der Waals surface area contributed by atoms with E-state index in [0.29, 0.717) is 17.1 Å². The molecule has 0 N–H and O–H groups in total. The molecule has 4 nitrogen and oxygen atoms in total. The topological polar surface area (TPSA) is 47.0 Å². The van der Waals surface area contributed by atoms with Crippen LogP contribution in [0.2, 0.25) is 5.02 Å². The number of hydrogen-bond acceptors (Lipinski definition) is 2. The van der Waals surface area contributed by atoms with Crippen molar-refractivity contribution in [3.05, 3.63) is 69.5 Å². The van der Waals surface area contributed by atoms with E-state index in [1.54, 1.807) is 12.1 Å². The molecule has 1 aromatic carbocycles. The molecule has 0 fully saturated rings. The zero-order valence-corrected chi connectivity index (χ0v) is 11.8. The first-order valence-electron chi connectivity index (χ1n) is 5.04. The van der Waals surface area contributed by atoms with Crippen molar-refractivity contribution in [2.75, 3.05) is 0 Å². The van der Waals surface area contributed by atoms with Gasteiger partial charge in [0.25, 0.3) is 5.69 Å². The Morgan fingerprint density at radius 3 is 2.44 bits per heavy atom. The largest absolute Gasteiger partial charge is 0.280 e. The number of halogens is 2. The van der Waals surface area contributed by atoms with Crippen LogP contribution in [0.3, 0.4) is 0 Å². The maximum Gasteiger partial charge on any atom is 0.280 e. The molecular formula is C12H11BrClN2O2+. The standard InChI is InChI=1S/C12H10ClN2O2.BrH/c13-11-5-4-6-12(15(16)17)10(11)9-14-7-2-1-3-8-14;/h1-8H,9H2;1H/q+1;. The van der Waals surface area contributed by atoms with E-state index >= 15 is 0 Å². The van der Waals surface area contributed by atoms with Crippen molar-refractivity contribution >= 4 is 34.3 Å². The fourth-order valence-corrected chi connectivity index (χ4v) is 1.83. The van der Waals surface area contributed by atoms with Gasteiger partial charge in [0.15, 0.2) is 18.9 Å². The van der Waals surface area contributed by atoms with Gasteiger partial charge in [-0.2, -0.15) is 0 Å². The van der Waals surface area contributed by atoms with Crippen LogP contribution in [-0.4, -0.2) is 4.92 Å². The predicted molar refractivity (Wildman–Crippen MR) is 74.2 cm³/mol. The van der Waals surface area contributed by atoms with Crippen molar-refractivity contribution in [3.8, 4) is 0 Å². The molecule has 2 rings (SSSR count). The van der Waals surface area contributed by atoms with Crippen LogP contribution >= 0.6 is 28.6 Å². The van der Waals surface area contributed by atoms with Crippen LogP contribution < -0.4 is 4.57 Å². The summed E-state index contributed by atoms with van der Waals surface area (Å²) in [6, 6.07) is 10.3. The van der Waals surface area contributed by atoms with Gasteiger partial charge in [-0.3, -0.25) is 10.1 Å². The lowest BCUT2D eigenvalue weighted by Crippen LogP contribution is -2.33. The van der Waals surface area contributed by atoms with E-state index < -0.39 is 4.92 Å². The van der Waals surface area contributed by atoms with Gasteiger partial charge in [-0.15, -0.1) is 17.0 Å². The first-order chi connectivity index (χ1) is 8.18. The van der Waals surface area contributed by atoms with Crippen molar-refractivity contribution in [1.82, 2.24) is 0 Å². The molecule has 0 aliphatic carbocycles. The van der Waals surface area contributed by atoms with Crippen LogP contribution in [0.4, 0.5) is 5.69 Å². The molecular weight excluding hydrogens is 320 g/mol. The van der Waals surface area contributed by atoms with E-state index in [1.807, 2.05) is 35.2 Å². The van der Waals surface area contributed by atoms with Crippen LogP contribution in [0.5, 0.6) is 0 Å².